The van der Waals surface area contributed by atoms with Gasteiger partial charge in [-0.25, -0.2) is 4.79 Å². The largest absolute Gasteiger partial charge is 0.496 e. The summed E-state index contributed by atoms with van der Waals surface area (Å²) in [5, 5.41) is 2.03. The van der Waals surface area contributed by atoms with Crippen molar-refractivity contribution < 1.29 is 14.3 Å². The second kappa shape index (κ2) is 8.36. The molecule has 0 aliphatic rings. The highest BCUT2D eigenvalue weighted by molar-refractivity contribution is 5.98. The summed E-state index contributed by atoms with van der Waals surface area (Å²) in [7, 11) is 3.58. The molecule has 0 aliphatic carbocycles. The highest BCUT2D eigenvalue weighted by Gasteiger charge is 2.18. The van der Waals surface area contributed by atoms with Gasteiger partial charge in [0, 0.05) is 12.1 Å². The molecule has 0 radical (unpaired) electrons. The lowest BCUT2D eigenvalue weighted by Crippen LogP contribution is -2.40. The van der Waals surface area contributed by atoms with Crippen molar-refractivity contribution in [2.75, 3.05) is 27.3 Å². The number of hydrogen-bond donors (Lipinski definition) is 0. The van der Waals surface area contributed by atoms with E-state index >= 15 is 0 Å². The molecule has 2 aromatic carbocycles. The molecule has 0 saturated carbocycles. The van der Waals surface area contributed by atoms with Crippen molar-refractivity contribution in [2.24, 2.45) is 0 Å². The van der Waals surface area contributed by atoms with Gasteiger partial charge in [-0.05, 0) is 50.7 Å². The highest BCUT2D eigenvalue weighted by atomic mass is 35.5. The summed E-state index contributed by atoms with van der Waals surface area (Å²) in [5.74, 6) is 0.188. The van der Waals surface area contributed by atoms with E-state index in [1.165, 1.54) is 0 Å². The van der Waals surface area contributed by atoms with E-state index in [2.05, 4.69) is 25.7 Å². The van der Waals surface area contributed by atoms with Gasteiger partial charge in [0.25, 0.3) is 0 Å². The lowest BCUT2D eigenvalue weighted by Gasteiger charge is -2.31. The van der Waals surface area contributed by atoms with Crippen molar-refractivity contribution in [1.82, 2.24) is 4.90 Å². The Morgan fingerprint density at radius 1 is 1.12 bits per heavy atom. The van der Waals surface area contributed by atoms with Crippen LogP contribution in [0.5, 0.6) is 5.75 Å². The quantitative estimate of drug-likeness (QED) is 0.758. The van der Waals surface area contributed by atoms with E-state index in [-0.39, 0.29) is 23.9 Å². The van der Waals surface area contributed by atoms with Crippen LogP contribution in [0.1, 0.15) is 31.1 Å². The molecule has 132 valence electrons. The Kier molecular flexibility index (Phi) is 7.06. The number of nitrogens with zero attached hydrogens (tertiary/aromatic N) is 1. The first kappa shape index (κ1) is 20.3. The number of likely N-dealkylation sites (N-methyl/N-ethyl adjacent to an activating group) is 1. The minimum absolute atomic E-state index is 0. The fourth-order valence-electron chi connectivity index (χ4n) is 2.24. The number of fused-ring (bicyclic) bond motifs is 1. The molecule has 0 unspecified atom stereocenters. The predicted molar refractivity (Wildman–Crippen MR) is 100 cm³/mol. The molecular formula is C19H26ClNO3. The summed E-state index contributed by atoms with van der Waals surface area (Å²) in [4.78, 5) is 14.5. The van der Waals surface area contributed by atoms with Crippen LogP contribution in [0.3, 0.4) is 0 Å². The second-order valence-electron chi connectivity index (χ2n) is 6.63. The van der Waals surface area contributed by atoms with Crippen molar-refractivity contribution in [3.05, 3.63) is 42.0 Å². The summed E-state index contributed by atoms with van der Waals surface area (Å²) >= 11 is 0. The first-order chi connectivity index (χ1) is 10.8. The van der Waals surface area contributed by atoms with Gasteiger partial charge in [-0.2, -0.15) is 0 Å². The lowest BCUT2D eigenvalue weighted by atomic mass is 10.1. The molecule has 0 fully saturated rings. The number of carbonyl (C=O) groups excluding carboxylic acids is 1. The molecule has 0 spiro atoms. The van der Waals surface area contributed by atoms with Gasteiger partial charge in [-0.15, -0.1) is 12.4 Å². The van der Waals surface area contributed by atoms with E-state index < -0.39 is 0 Å². The Morgan fingerprint density at radius 2 is 1.71 bits per heavy atom. The van der Waals surface area contributed by atoms with Crippen LogP contribution in [0, 0.1) is 0 Å². The van der Waals surface area contributed by atoms with E-state index in [0.717, 1.165) is 10.8 Å². The monoisotopic (exact) mass is 351 g/mol. The Morgan fingerprint density at radius 3 is 2.25 bits per heavy atom. The summed E-state index contributed by atoms with van der Waals surface area (Å²) in [5.41, 5.74) is 0.511. The molecule has 5 heteroatoms. The van der Waals surface area contributed by atoms with Crippen LogP contribution in [0.2, 0.25) is 0 Å². The summed E-state index contributed by atoms with van der Waals surface area (Å²) in [6.45, 7) is 7.41. The molecule has 0 saturated heterocycles. The fourth-order valence-corrected chi connectivity index (χ4v) is 2.24. The maximum absolute atomic E-state index is 12.4. The predicted octanol–water partition coefficient (Wildman–Crippen LogP) is 4.16. The molecule has 0 aromatic heterocycles. The van der Waals surface area contributed by atoms with Crippen molar-refractivity contribution in [2.45, 2.75) is 26.3 Å². The average molecular weight is 352 g/mol. The number of carbonyl (C=O) groups is 1. The van der Waals surface area contributed by atoms with Gasteiger partial charge >= 0.3 is 5.97 Å². The SMILES string of the molecule is COc1cc2ccccc2cc1C(=O)OCCN(C)C(C)(C)C.Cl. The van der Waals surface area contributed by atoms with E-state index in [0.29, 0.717) is 24.5 Å². The minimum Gasteiger partial charge on any atom is -0.496 e. The maximum atomic E-state index is 12.4. The van der Waals surface area contributed by atoms with Crippen LogP contribution < -0.4 is 4.74 Å². The van der Waals surface area contributed by atoms with Gasteiger partial charge in [0.05, 0.1) is 7.11 Å². The minimum atomic E-state index is -0.352. The molecule has 0 heterocycles. The number of methoxy groups -OCH3 is 1. The summed E-state index contributed by atoms with van der Waals surface area (Å²) in [6.07, 6.45) is 0. The van der Waals surface area contributed by atoms with Crippen molar-refractivity contribution in [1.29, 1.82) is 0 Å². The van der Waals surface area contributed by atoms with Crippen molar-refractivity contribution in [3.63, 3.8) is 0 Å². The van der Waals surface area contributed by atoms with Gasteiger partial charge in [0.15, 0.2) is 0 Å². The zero-order valence-corrected chi connectivity index (χ0v) is 15.8. The van der Waals surface area contributed by atoms with Gasteiger partial charge < -0.3 is 9.47 Å². The van der Waals surface area contributed by atoms with E-state index in [9.17, 15) is 4.79 Å². The molecule has 0 amide bonds. The fraction of sp³-hybridized carbons (Fsp3) is 0.421. The van der Waals surface area contributed by atoms with Crippen LogP contribution >= 0.6 is 12.4 Å². The molecule has 2 aromatic rings. The van der Waals surface area contributed by atoms with Crippen LogP contribution in [0.25, 0.3) is 10.8 Å². The topological polar surface area (TPSA) is 38.8 Å². The van der Waals surface area contributed by atoms with Gasteiger partial charge in [-0.1, -0.05) is 24.3 Å². The number of benzene rings is 2. The standard InChI is InChI=1S/C19H25NO3.ClH/c1-19(2,3)20(4)10-11-23-18(21)16-12-14-8-6-7-9-15(14)13-17(16)22-5;/h6-9,12-13H,10-11H2,1-5H3;1H. The summed E-state index contributed by atoms with van der Waals surface area (Å²) < 4.78 is 10.8. The number of rotatable bonds is 5. The normalized spacial score (nSPS) is 11.2. The third kappa shape index (κ3) is 4.86. The highest BCUT2D eigenvalue weighted by Crippen LogP contribution is 2.26. The van der Waals surface area contributed by atoms with E-state index in [4.69, 9.17) is 9.47 Å². The molecule has 2 rings (SSSR count). The van der Waals surface area contributed by atoms with Crippen LogP contribution in [-0.2, 0) is 4.74 Å². The second-order valence-corrected chi connectivity index (χ2v) is 6.63. The van der Waals surface area contributed by atoms with Crippen molar-refractivity contribution >= 4 is 29.1 Å². The van der Waals surface area contributed by atoms with Gasteiger partial charge in [-0.3, -0.25) is 4.90 Å². The third-order valence-electron chi connectivity index (χ3n) is 4.09. The molecule has 0 atom stereocenters. The van der Waals surface area contributed by atoms with E-state index in [1.54, 1.807) is 7.11 Å². The number of ether oxygens (including phenoxy) is 2. The number of hydrogen-bond acceptors (Lipinski definition) is 4. The Bertz CT molecular complexity index is 695. The van der Waals surface area contributed by atoms with Crippen LogP contribution in [0.4, 0.5) is 0 Å². The van der Waals surface area contributed by atoms with E-state index in [1.807, 2.05) is 43.4 Å². The number of esters is 1. The van der Waals surface area contributed by atoms with Gasteiger partial charge in [0.1, 0.15) is 17.9 Å². The maximum Gasteiger partial charge on any atom is 0.341 e. The molecule has 4 nitrogen and oxygen atoms in total. The molecular weight excluding hydrogens is 326 g/mol. The molecule has 0 N–H and O–H groups in total. The number of halogens is 1. The Balaban J connectivity index is 0.00000288. The zero-order chi connectivity index (χ0) is 17.0. The first-order valence-electron chi connectivity index (χ1n) is 7.78. The van der Waals surface area contributed by atoms with Crippen LogP contribution in [0.15, 0.2) is 36.4 Å². The average Bonchev–Trinajstić information content (AvgIpc) is 2.52. The Labute approximate surface area is 150 Å². The molecule has 24 heavy (non-hydrogen) atoms. The first-order valence-corrected chi connectivity index (χ1v) is 7.78. The lowest BCUT2D eigenvalue weighted by molar-refractivity contribution is 0.0420. The smallest absolute Gasteiger partial charge is 0.341 e. The zero-order valence-electron chi connectivity index (χ0n) is 15.0. The third-order valence-corrected chi connectivity index (χ3v) is 4.09. The summed E-state index contributed by atoms with van der Waals surface area (Å²) in [6, 6.07) is 11.6. The van der Waals surface area contributed by atoms with Gasteiger partial charge in [0.2, 0.25) is 0 Å². The van der Waals surface area contributed by atoms with Crippen LogP contribution in [-0.4, -0.2) is 43.7 Å². The Hall–Kier alpha value is -1.78. The van der Waals surface area contributed by atoms with Crippen molar-refractivity contribution in [3.8, 4) is 5.75 Å². The molecule has 0 aliphatic heterocycles. The molecule has 0 bridgehead atoms.